The molecule has 4 fully saturated rings. The van der Waals surface area contributed by atoms with Crippen molar-refractivity contribution in [3.8, 4) is 0 Å². The highest BCUT2D eigenvalue weighted by atomic mass is 28.4. The van der Waals surface area contributed by atoms with Gasteiger partial charge in [0.2, 0.25) is 0 Å². The molecule has 1 N–H and O–H groups in total. The zero-order valence-electron chi connectivity index (χ0n) is 25.7. The summed E-state index contributed by atoms with van der Waals surface area (Å²) in [6, 6.07) is 0. The van der Waals surface area contributed by atoms with E-state index in [0.717, 1.165) is 24.2 Å². The maximum atomic E-state index is 12.1. The average Bonchev–Trinajstić information content (AvgIpc) is 3.07. The third-order valence-electron chi connectivity index (χ3n) is 12.0. The van der Waals surface area contributed by atoms with E-state index < -0.39 is 13.9 Å². The lowest BCUT2D eigenvalue weighted by atomic mass is 9.57. The minimum atomic E-state index is -1.72. The average molecular weight is 517 g/mol. The van der Waals surface area contributed by atoms with E-state index in [4.69, 9.17) is 4.43 Å². The second-order valence-corrected chi connectivity index (χ2v) is 21.7. The smallest absolute Gasteiger partial charge is 0.192 e. The Morgan fingerprint density at radius 2 is 1.72 bits per heavy atom. The van der Waals surface area contributed by atoms with Gasteiger partial charge in [0.1, 0.15) is 0 Å². The summed E-state index contributed by atoms with van der Waals surface area (Å²) in [4.78, 5) is 0. The van der Waals surface area contributed by atoms with Gasteiger partial charge in [-0.15, -0.1) is 0 Å². The molecule has 0 aliphatic heterocycles. The summed E-state index contributed by atoms with van der Waals surface area (Å²) in [7, 11) is -1.72. The Hall–Kier alpha value is -0.123. The molecule has 4 aliphatic carbocycles. The number of rotatable bonds is 8. The molecule has 0 amide bonds. The predicted octanol–water partition coefficient (Wildman–Crippen LogP) is 9.53. The number of allylic oxidation sites excluding steroid dienone is 1. The third-order valence-corrected chi connectivity index (χ3v) is 16.5. The second kappa shape index (κ2) is 9.51. The molecule has 0 aromatic rings. The van der Waals surface area contributed by atoms with Crippen molar-refractivity contribution >= 4 is 8.32 Å². The van der Waals surface area contributed by atoms with E-state index in [1.165, 1.54) is 64.2 Å². The number of hydrogen-bond acceptors (Lipinski definition) is 2. The van der Waals surface area contributed by atoms with Crippen LogP contribution in [-0.2, 0) is 4.43 Å². The first kappa shape index (κ1) is 28.9. The predicted molar refractivity (Wildman–Crippen MR) is 157 cm³/mol. The standard InChI is InChI=1S/C33H60O2Si/c1-24(13-11-16-29(2,3)4)27-14-15-28-31(27,8)17-12-18-33(28,34)20-19-32-22-25(32)21-26(23-32)35-36(9,10)30(5,6)7/h19-20,24-28,34H,11-18,21-23H2,1-10H3/b20-19+/t24-,25-,26+,27?,28+,31-,32-,33?/m1/s1. The quantitative estimate of drug-likeness (QED) is 0.257. The van der Waals surface area contributed by atoms with E-state index in [1.54, 1.807) is 0 Å². The van der Waals surface area contributed by atoms with Crippen molar-refractivity contribution in [1.29, 1.82) is 0 Å². The van der Waals surface area contributed by atoms with E-state index in [0.29, 0.717) is 28.3 Å². The first-order valence-corrected chi connectivity index (χ1v) is 18.4. The summed E-state index contributed by atoms with van der Waals surface area (Å²) in [6.07, 6.45) is 18.9. The number of hydrogen-bond donors (Lipinski definition) is 1. The van der Waals surface area contributed by atoms with E-state index in [9.17, 15) is 5.11 Å². The molecule has 0 saturated heterocycles. The Kier molecular flexibility index (Phi) is 7.63. The molecule has 0 spiro atoms. The van der Waals surface area contributed by atoms with Crippen LogP contribution >= 0.6 is 0 Å². The van der Waals surface area contributed by atoms with E-state index in [-0.39, 0.29) is 5.04 Å². The Morgan fingerprint density at radius 3 is 2.36 bits per heavy atom. The summed E-state index contributed by atoms with van der Waals surface area (Å²) in [5, 5.41) is 12.4. The summed E-state index contributed by atoms with van der Waals surface area (Å²) in [6.45, 7) is 24.0. The van der Waals surface area contributed by atoms with Crippen molar-refractivity contribution in [3.05, 3.63) is 12.2 Å². The van der Waals surface area contributed by atoms with Crippen molar-refractivity contribution < 1.29 is 9.53 Å². The lowest BCUT2D eigenvalue weighted by Gasteiger charge is -2.50. The third kappa shape index (κ3) is 5.60. The molecule has 0 aromatic carbocycles. The van der Waals surface area contributed by atoms with Crippen LogP contribution in [0.25, 0.3) is 0 Å². The van der Waals surface area contributed by atoms with Crippen LogP contribution in [0.3, 0.4) is 0 Å². The fourth-order valence-corrected chi connectivity index (χ4v) is 10.1. The van der Waals surface area contributed by atoms with Crippen LogP contribution in [0.2, 0.25) is 18.1 Å². The Morgan fingerprint density at radius 1 is 1.03 bits per heavy atom. The van der Waals surface area contributed by atoms with Gasteiger partial charge in [-0.2, -0.15) is 0 Å². The molecule has 36 heavy (non-hydrogen) atoms. The van der Waals surface area contributed by atoms with Gasteiger partial charge in [-0.3, -0.25) is 0 Å². The zero-order valence-corrected chi connectivity index (χ0v) is 26.7. The molecular weight excluding hydrogens is 456 g/mol. The lowest BCUT2D eigenvalue weighted by molar-refractivity contribution is -0.0783. The topological polar surface area (TPSA) is 29.5 Å². The van der Waals surface area contributed by atoms with Crippen LogP contribution in [-0.4, -0.2) is 25.1 Å². The summed E-state index contributed by atoms with van der Waals surface area (Å²) < 4.78 is 6.83. The normalized spacial score (nSPS) is 42.0. The molecule has 0 aromatic heterocycles. The highest BCUT2D eigenvalue weighted by molar-refractivity contribution is 6.74. The highest BCUT2D eigenvalue weighted by Crippen LogP contribution is 2.67. The van der Waals surface area contributed by atoms with Gasteiger partial charge in [-0.25, -0.2) is 0 Å². The molecule has 2 nitrogen and oxygen atoms in total. The minimum absolute atomic E-state index is 0.271. The van der Waals surface area contributed by atoms with Crippen LogP contribution in [0.1, 0.15) is 126 Å². The molecule has 8 atom stereocenters. The SMILES string of the molecule is C[C@H](CCCC(C)(C)C)C1CC[C@@H]2C(O)(/C=C/[C@@]34C[C@@H](O[Si](C)(C)C(C)(C)C)C[C@@H]3C4)CCC[C@]12C. The van der Waals surface area contributed by atoms with Gasteiger partial charge in [-0.05, 0) is 116 Å². The molecule has 208 valence electrons. The van der Waals surface area contributed by atoms with Gasteiger partial charge in [0.25, 0.3) is 0 Å². The lowest BCUT2D eigenvalue weighted by Crippen LogP contribution is -2.49. The molecule has 0 radical (unpaired) electrons. The Balaban J connectivity index is 1.40. The summed E-state index contributed by atoms with van der Waals surface area (Å²) in [5.41, 5.74) is 0.442. The molecule has 0 heterocycles. The molecule has 3 heteroatoms. The van der Waals surface area contributed by atoms with Gasteiger partial charge >= 0.3 is 0 Å². The molecule has 4 saturated carbocycles. The molecule has 4 aliphatic rings. The Labute approximate surface area is 225 Å². The maximum absolute atomic E-state index is 12.1. The fourth-order valence-electron chi connectivity index (χ4n) is 8.72. The van der Waals surface area contributed by atoms with E-state index in [1.807, 2.05) is 0 Å². The van der Waals surface area contributed by atoms with Crippen LogP contribution < -0.4 is 0 Å². The fraction of sp³-hybridized carbons (Fsp3) is 0.939. The second-order valence-electron chi connectivity index (χ2n) is 16.9. The number of fused-ring (bicyclic) bond motifs is 2. The number of aliphatic hydroxyl groups is 1. The van der Waals surface area contributed by atoms with Crippen LogP contribution in [0.5, 0.6) is 0 Å². The van der Waals surface area contributed by atoms with Gasteiger partial charge < -0.3 is 9.53 Å². The van der Waals surface area contributed by atoms with Gasteiger partial charge in [0.15, 0.2) is 8.32 Å². The van der Waals surface area contributed by atoms with Gasteiger partial charge in [0.05, 0.1) is 5.60 Å². The summed E-state index contributed by atoms with van der Waals surface area (Å²) >= 11 is 0. The molecule has 4 rings (SSSR count). The molecule has 0 bridgehead atoms. The van der Waals surface area contributed by atoms with Crippen molar-refractivity contribution in [2.45, 2.75) is 156 Å². The first-order valence-electron chi connectivity index (χ1n) is 15.5. The maximum Gasteiger partial charge on any atom is 0.192 e. The highest BCUT2D eigenvalue weighted by Gasteiger charge is 2.61. The van der Waals surface area contributed by atoms with Crippen molar-refractivity contribution in [2.24, 2.45) is 39.9 Å². The van der Waals surface area contributed by atoms with Gasteiger partial charge in [-0.1, -0.05) is 80.4 Å². The monoisotopic (exact) mass is 516 g/mol. The molecule has 2 unspecified atom stereocenters. The molecular formula is C33H60O2Si. The minimum Gasteiger partial charge on any atom is -0.414 e. The van der Waals surface area contributed by atoms with Crippen molar-refractivity contribution in [3.63, 3.8) is 0 Å². The van der Waals surface area contributed by atoms with Gasteiger partial charge in [0, 0.05) is 6.10 Å². The largest absolute Gasteiger partial charge is 0.414 e. The summed E-state index contributed by atoms with van der Waals surface area (Å²) in [5.74, 6) is 2.74. The Bertz CT molecular complexity index is 819. The van der Waals surface area contributed by atoms with Crippen LogP contribution in [0, 0.1) is 39.9 Å². The first-order chi connectivity index (χ1) is 16.4. The van der Waals surface area contributed by atoms with E-state index >= 15 is 0 Å². The van der Waals surface area contributed by atoms with Crippen molar-refractivity contribution in [1.82, 2.24) is 0 Å². The van der Waals surface area contributed by atoms with E-state index in [2.05, 4.69) is 80.6 Å². The van der Waals surface area contributed by atoms with Crippen LogP contribution in [0.15, 0.2) is 12.2 Å². The van der Waals surface area contributed by atoms with Crippen molar-refractivity contribution in [2.75, 3.05) is 0 Å². The zero-order chi connectivity index (χ0) is 26.8. The van der Waals surface area contributed by atoms with Crippen LogP contribution in [0.4, 0.5) is 0 Å².